The lowest BCUT2D eigenvalue weighted by molar-refractivity contribution is -0.384. The van der Waals surface area contributed by atoms with Gasteiger partial charge in [0.2, 0.25) is 0 Å². The van der Waals surface area contributed by atoms with Crippen LogP contribution in [-0.4, -0.2) is 21.9 Å². The van der Waals surface area contributed by atoms with Gasteiger partial charge in [-0.05, 0) is 31.2 Å². The standard InChI is InChI=1S/C16H12ClN3O4S/c1-9(24-12-4-2-3-10(17)7-12)15(21)19-16-18-13-6-5-11(20(22)23)8-14(13)25-16/h2-9H,1H3,(H,18,19,21). The molecule has 0 aliphatic rings. The molecule has 25 heavy (non-hydrogen) atoms. The molecule has 0 bridgehead atoms. The van der Waals surface area contributed by atoms with Gasteiger partial charge in [0.25, 0.3) is 11.6 Å². The average molecular weight is 378 g/mol. The highest BCUT2D eigenvalue weighted by Crippen LogP contribution is 2.29. The van der Waals surface area contributed by atoms with Gasteiger partial charge in [-0.1, -0.05) is 29.0 Å². The first kappa shape index (κ1) is 17.1. The first-order chi connectivity index (χ1) is 11.9. The van der Waals surface area contributed by atoms with Crippen molar-refractivity contribution in [1.29, 1.82) is 0 Å². The highest BCUT2D eigenvalue weighted by molar-refractivity contribution is 7.22. The zero-order chi connectivity index (χ0) is 18.0. The van der Waals surface area contributed by atoms with Gasteiger partial charge in [-0.2, -0.15) is 0 Å². The SMILES string of the molecule is CC(Oc1cccc(Cl)c1)C(=O)Nc1nc2ccc([N+](=O)[O-])cc2s1. The first-order valence-corrected chi connectivity index (χ1v) is 8.40. The summed E-state index contributed by atoms with van der Waals surface area (Å²) in [6.45, 7) is 1.61. The number of aromatic nitrogens is 1. The maximum Gasteiger partial charge on any atom is 0.270 e. The molecular weight excluding hydrogens is 366 g/mol. The maximum absolute atomic E-state index is 12.2. The van der Waals surface area contributed by atoms with Crippen LogP contribution in [0.25, 0.3) is 10.2 Å². The molecule has 3 aromatic rings. The molecule has 2 aromatic carbocycles. The molecule has 7 nitrogen and oxygen atoms in total. The molecule has 1 N–H and O–H groups in total. The minimum Gasteiger partial charge on any atom is -0.481 e. The highest BCUT2D eigenvalue weighted by Gasteiger charge is 2.17. The summed E-state index contributed by atoms with van der Waals surface area (Å²) in [4.78, 5) is 26.8. The number of nitro groups is 1. The molecule has 1 amide bonds. The highest BCUT2D eigenvalue weighted by atomic mass is 35.5. The van der Waals surface area contributed by atoms with Crippen molar-refractivity contribution in [3.05, 3.63) is 57.6 Å². The lowest BCUT2D eigenvalue weighted by Gasteiger charge is -2.13. The Morgan fingerprint density at radius 2 is 2.16 bits per heavy atom. The molecule has 9 heteroatoms. The Bertz CT molecular complexity index is 959. The molecule has 1 aromatic heterocycles. The van der Waals surface area contributed by atoms with Gasteiger partial charge < -0.3 is 4.74 Å². The van der Waals surface area contributed by atoms with Gasteiger partial charge in [0.05, 0.1) is 15.1 Å². The number of non-ortho nitro benzene ring substituents is 1. The molecule has 1 unspecified atom stereocenters. The Morgan fingerprint density at radius 3 is 2.88 bits per heavy atom. The zero-order valence-corrected chi connectivity index (χ0v) is 14.5. The van der Waals surface area contributed by atoms with E-state index in [1.807, 2.05) is 0 Å². The van der Waals surface area contributed by atoms with E-state index in [-0.39, 0.29) is 11.6 Å². The second-order valence-corrected chi connectivity index (χ2v) is 6.60. The van der Waals surface area contributed by atoms with Gasteiger partial charge in [-0.3, -0.25) is 20.2 Å². The van der Waals surface area contributed by atoms with Crippen molar-refractivity contribution >= 4 is 49.9 Å². The summed E-state index contributed by atoms with van der Waals surface area (Å²) < 4.78 is 6.16. The second-order valence-electron chi connectivity index (χ2n) is 5.13. The number of hydrogen-bond donors (Lipinski definition) is 1. The van der Waals surface area contributed by atoms with Crippen LogP contribution < -0.4 is 10.1 Å². The number of nitrogens with one attached hydrogen (secondary N) is 1. The van der Waals surface area contributed by atoms with Crippen LogP contribution in [0.4, 0.5) is 10.8 Å². The van der Waals surface area contributed by atoms with Crippen LogP contribution in [0.3, 0.4) is 0 Å². The molecule has 1 heterocycles. The Kier molecular flexibility index (Phi) is 4.82. The fourth-order valence-electron chi connectivity index (χ4n) is 2.09. The van der Waals surface area contributed by atoms with E-state index in [0.29, 0.717) is 26.1 Å². The Balaban J connectivity index is 1.71. The number of halogens is 1. The monoisotopic (exact) mass is 377 g/mol. The smallest absolute Gasteiger partial charge is 0.270 e. The number of rotatable bonds is 5. The van der Waals surface area contributed by atoms with Crippen molar-refractivity contribution in [3.63, 3.8) is 0 Å². The topological polar surface area (TPSA) is 94.4 Å². The van der Waals surface area contributed by atoms with Crippen LogP contribution in [0.5, 0.6) is 5.75 Å². The normalized spacial score (nSPS) is 11.9. The number of hydrogen-bond acceptors (Lipinski definition) is 6. The molecule has 0 saturated heterocycles. The van der Waals surface area contributed by atoms with E-state index < -0.39 is 11.0 Å². The molecule has 3 rings (SSSR count). The van der Waals surface area contributed by atoms with E-state index in [0.717, 1.165) is 11.3 Å². The van der Waals surface area contributed by atoms with E-state index in [4.69, 9.17) is 16.3 Å². The van der Waals surface area contributed by atoms with Crippen molar-refractivity contribution in [2.24, 2.45) is 0 Å². The van der Waals surface area contributed by atoms with Crippen LogP contribution in [-0.2, 0) is 4.79 Å². The van der Waals surface area contributed by atoms with Gasteiger partial charge in [0.15, 0.2) is 11.2 Å². The summed E-state index contributed by atoms with van der Waals surface area (Å²) in [7, 11) is 0. The summed E-state index contributed by atoms with van der Waals surface area (Å²) in [5.74, 6) is 0.101. The van der Waals surface area contributed by atoms with Crippen LogP contribution in [0.2, 0.25) is 5.02 Å². The van der Waals surface area contributed by atoms with Crippen LogP contribution in [0.1, 0.15) is 6.92 Å². The molecule has 0 saturated carbocycles. The molecule has 0 fully saturated rings. The van der Waals surface area contributed by atoms with E-state index in [1.165, 1.54) is 12.1 Å². The average Bonchev–Trinajstić information content (AvgIpc) is 2.95. The number of nitrogens with zero attached hydrogens (tertiary/aromatic N) is 2. The predicted octanol–water partition coefficient (Wildman–Crippen LogP) is 4.26. The van der Waals surface area contributed by atoms with Gasteiger partial charge in [0, 0.05) is 17.2 Å². The van der Waals surface area contributed by atoms with Crippen LogP contribution in [0, 0.1) is 10.1 Å². The van der Waals surface area contributed by atoms with Gasteiger partial charge >= 0.3 is 0 Å². The van der Waals surface area contributed by atoms with Gasteiger partial charge in [-0.25, -0.2) is 4.98 Å². The van der Waals surface area contributed by atoms with Crippen LogP contribution >= 0.6 is 22.9 Å². The Hall–Kier alpha value is -2.71. The van der Waals surface area contributed by atoms with Crippen molar-refractivity contribution in [1.82, 2.24) is 4.98 Å². The fourth-order valence-corrected chi connectivity index (χ4v) is 3.17. The number of carbonyl (C=O) groups excluding carboxylic acids is 1. The lowest BCUT2D eigenvalue weighted by atomic mass is 10.3. The Labute approximate surface area is 151 Å². The molecule has 1 atom stereocenters. The molecule has 0 radical (unpaired) electrons. The third kappa shape index (κ3) is 4.04. The molecule has 0 aliphatic carbocycles. The maximum atomic E-state index is 12.2. The third-order valence-corrected chi connectivity index (χ3v) is 4.46. The predicted molar refractivity (Wildman–Crippen MR) is 96.4 cm³/mol. The summed E-state index contributed by atoms with van der Waals surface area (Å²) in [5, 5.41) is 14.3. The lowest BCUT2D eigenvalue weighted by Crippen LogP contribution is -2.30. The number of amides is 1. The number of fused-ring (bicyclic) bond motifs is 1. The van der Waals surface area contributed by atoms with Crippen molar-refractivity contribution in [2.75, 3.05) is 5.32 Å². The number of anilines is 1. The van der Waals surface area contributed by atoms with E-state index in [9.17, 15) is 14.9 Å². The summed E-state index contributed by atoms with van der Waals surface area (Å²) >= 11 is 7.04. The number of benzene rings is 2. The Morgan fingerprint density at radius 1 is 1.36 bits per heavy atom. The number of nitro benzene ring substituents is 1. The van der Waals surface area contributed by atoms with E-state index in [1.54, 1.807) is 37.3 Å². The number of thiazole rings is 1. The molecule has 0 aliphatic heterocycles. The minimum atomic E-state index is -0.764. The largest absolute Gasteiger partial charge is 0.481 e. The van der Waals surface area contributed by atoms with Crippen molar-refractivity contribution in [3.8, 4) is 5.75 Å². The first-order valence-electron chi connectivity index (χ1n) is 7.20. The van der Waals surface area contributed by atoms with Crippen molar-refractivity contribution < 1.29 is 14.5 Å². The van der Waals surface area contributed by atoms with Crippen molar-refractivity contribution in [2.45, 2.75) is 13.0 Å². The summed E-state index contributed by atoms with van der Waals surface area (Å²) in [6, 6.07) is 11.1. The van der Waals surface area contributed by atoms with Crippen LogP contribution in [0.15, 0.2) is 42.5 Å². The number of carbonyl (C=O) groups is 1. The van der Waals surface area contributed by atoms with E-state index >= 15 is 0 Å². The van der Waals surface area contributed by atoms with Gasteiger partial charge in [0.1, 0.15) is 5.75 Å². The third-order valence-electron chi connectivity index (χ3n) is 3.29. The van der Waals surface area contributed by atoms with E-state index in [2.05, 4.69) is 10.3 Å². The molecule has 0 spiro atoms. The minimum absolute atomic E-state index is 0.0216. The number of ether oxygens (including phenoxy) is 1. The summed E-state index contributed by atoms with van der Waals surface area (Å²) in [6.07, 6.45) is -0.764. The second kappa shape index (κ2) is 7.04. The molecule has 128 valence electrons. The fraction of sp³-hybridized carbons (Fsp3) is 0.125. The molecular formula is C16H12ClN3O4S. The summed E-state index contributed by atoms with van der Waals surface area (Å²) in [5.41, 5.74) is 0.556. The quantitative estimate of drug-likeness (QED) is 0.529. The van der Waals surface area contributed by atoms with Gasteiger partial charge in [-0.15, -0.1) is 0 Å². The zero-order valence-electron chi connectivity index (χ0n) is 12.9.